The third kappa shape index (κ3) is 4.26. The highest BCUT2D eigenvalue weighted by atomic mass is 32.2. The molecule has 1 aromatic heterocycles. The molecular weight excluding hydrogens is 394 g/mol. The predicted octanol–water partition coefficient (Wildman–Crippen LogP) is 2.51. The summed E-state index contributed by atoms with van der Waals surface area (Å²) in [6.07, 6.45) is -15.7. The van der Waals surface area contributed by atoms with Gasteiger partial charge in [0.2, 0.25) is 10.0 Å². The number of rotatable bonds is 7. The van der Waals surface area contributed by atoms with Gasteiger partial charge in [-0.3, -0.25) is 0 Å². The summed E-state index contributed by atoms with van der Waals surface area (Å²) in [7, 11) is -6.53. The lowest BCUT2D eigenvalue weighted by molar-refractivity contribution is -0.622. The number of ether oxygens (including phenoxy) is 1. The van der Waals surface area contributed by atoms with Crippen LogP contribution in [-0.2, 0) is 14.8 Å². The van der Waals surface area contributed by atoms with E-state index in [2.05, 4.69) is 14.6 Å². The van der Waals surface area contributed by atoms with Crippen LogP contribution in [0.3, 0.4) is 0 Å². The fourth-order valence-corrected chi connectivity index (χ4v) is 2.10. The number of nitrogens with zero attached hydrogens (tertiary/aromatic N) is 3. The Morgan fingerprint density at radius 1 is 1.16 bits per heavy atom. The van der Waals surface area contributed by atoms with Gasteiger partial charge in [-0.2, -0.15) is 26.3 Å². The van der Waals surface area contributed by atoms with Gasteiger partial charge in [-0.1, -0.05) is 0 Å². The van der Waals surface area contributed by atoms with Crippen LogP contribution in [0.4, 0.5) is 35.1 Å². The number of aryl methyl sites for hydroxylation is 2. The highest BCUT2D eigenvalue weighted by Gasteiger charge is 2.69. The minimum absolute atomic E-state index is 0.0418. The number of halogens is 8. The molecule has 0 saturated heterocycles. The van der Waals surface area contributed by atoms with E-state index >= 15 is 0 Å². The molecule has 0 aromatic carbocycles. The van der Waals surface area contributed by atoms with Crippen molar-refractivity contribution in [3.8, 4) is 0 Å². The first-order valence-corrected chi connectivity index (χ1v) is 7.42. The third-order valence-electron chi connectivity index (χ3n) is 2.50. The van der Waals surface area contributed by atoms with Gasteiger partial charge in [0.05, 0.1) is 6.20 Å². The van der Waals surface area contributed by atoms with Crippen molar-refractivity contribution < 1.29 is 53.0 Å². The predicted molar refractivity (Wildman–Crippen MR) is 63.5 cm³/mol. The average Bonchev–Trinajstić information content (AvgIpc) is 2.40. The van der Waals surface area contributed by atoms with Crippen LogP contribution in [0.1, 0.15) is 11.4 Å². The molecular formula is C10H9F8N3O3S. The highest BCUT2D eigenvalue weighted by Crippen LogP contribution is 2.45. The lowest BCUT2D eigenvalue weighted by Crippen LogP contribution is -2.54. The summed E-state index contributed by atoms with van der Waals surface area (Å²) in [6.45, 7) is 2.39. The average molecular weight is 403 g/mol. The Balaban J connectivity index is 3.23. The van der Waals surface area contributed by atoms with Gasteiger partial charge in [0.25, 0.3) is 0 Å². The van der Waals surface area contributed by atoms with Crippen LogP contribution in [0.5, 0.6) is 0 Å². The molecule has 0 unspecified atom stereocenters. The maximum Gasteiger partial charge on any atom is 0.438 e. The van der Waals surface area contributed by atoms with Crippen LogP contribution in [0.15, 0.2) is 12.4 Å². The van der Waals surface area contributed by atoms with E-state index in [0.29, 0.717) is 0 Å². The third-order valence-corrected chi connectivity index (χ3v) is 3.78. The summed E-state index contributed by atoms with van der Waals surface area (Å²) < 4.78 is 127. The summed E-state index contributed by atoms with van der Waals surface area (Å²) >= 11 is 0. The quantitative estimate of drug-likeness (QED) is 0.518. The van der Waals surface area contributed by atoms with Crippen molar-refractivity contribution in [3.63, 3.8) is 0 Å². The van der Waals surface area contributed by atoms with E-state index in [1.54, 1.807) is 0 Å². The number of alkyl halides is 8. The first-order chi connectivity index (χ1) is 11.0. The van der Waals surface area contributed by atoms with Crippen molar-refractivity contribution in [2.45, 2.75) is 37.7 Å². The molecule has 0 aliphatic carbocycles. The first kappa shape index (κ1) is 21.3. The van der Waals surface area contributed by atoms with Gasteiger partial charge < -0.3 is 4.83 Å². The minimum Gasteiger partial charge on any atom is -0.316 e. The van der Waals surface area contributed by atoms with E-state index in [0.717, 1.165) is 19.3 Å². The number of hydrogen-bond acceptors (Lipinski definition) is 4. The van der Waals surface area contributed by atoms with Gasteiger partial charge in [-0.25, -0.2) is 31.6 Å². The Bertz CT molecular complexity index is 741. The molecule has 25 heavy (non-hydrogen) atoms. The van der Waals surface area contributed by atoms with Crippen molar-refractivity contribution in [2.24, 2.45) is 0 Å². The molecule has 0 bridgehead atoms. The smallest absolute Gasteiger partial charge is 0.316 e. The Kier molecular flexibility index (Phi) is 5.54. The van der Waals surface area contributed by atoms with E-state index in [1.807, 2.05) is 0 Å². The Morgan fingerprint density at radius 2 is 1.68 bits per heavy atom. The molecule has 0 aliphatic heterocycles. The summed E-state index contributed by atoms with van der Waals surface area (Å²) in [5, 5.41) is -6.38. The summed E-state index contributed by atoms with van der Waals surface area (Å²) in [5.74, 6) is 0. The second-order valence-electron chi connectivity index (χ2n) is 4.57. The molecule has 0 radical (unpaired) electrons. The van der Waals surface area contributed by atoms with Crippen molar-refractivity contribution in [2.75, 3.05) is 0 Å². The van der Waals surface area contributed by atoms with E-state index in [9.17, 15) is 43.5 Å². The molecule has 15 heteroatoms. The zero-order chi connectivity index (χ0) is 19.8. The number of aromatic nitrogens is 2. The summed E-state index contributed by atoms with van der Waals surface area (Å²) in [5.41, 5.74) is -0.160. The zero-order valence-corrected chi connectivity index (χ0v) is 13.0. The van der Waals surface area contributed by atoms with E-state index in [1.165, 1.54) is 6.92 Å². The number of hydrogen-bond donors (Lipinski definition) is 0. The fraction of sp³-hybridized carbons (Fsp3) is 0.600. The minimum atomic E-state index is -6.53. The van der Waals surface area contributed by atoms with Crippen LogP contribution < -0.4 is 4.68 Å². The standard InChI is InChI=1S/C10H9F8N3O3S/c1-5-4-21(6(2)3-19-5)20-25(22,23)10(17,18)9(15,16)24-8(13,14)7(11)12/h3-4,7H,1-2H3. The second kappa shape index (κ2) is 6.51. The molecule has 0 aliphatic rings. The van der Waals surface area contributed by atoms with Crippen molar-refractivity contribution in [3.05, 3.63) is 28.6 Å². The molecule has 0 fully saturated rings. The lowest BCUT2D eigenvalue weighted by Gasteiger charge is -2.31. The van der Waals surface area contributed by atoms with Crippen molar-refractivity contribution >= 4 is 10.0 Å². The second-order valence-corrected chi connectivity index (χ2v) is 6.20. The lowest BCUT2D eigenvalue weighted by atomic mass is 10.4. The molecule has 1 rings (SSSR count). The fourth-order valence-electron chi connectivity index (χ4n) is 1.25. The SMILES string of the molecule is Cc1c[n+]([N-]S(=O)(=O)C(F)(F)C(F)(F)OC(F)(F)C(F)F)c(C)cn1. The largest absolute Gasteiger partial charge is 0.438 e. The van der Waals surface area contributed by atoms with E-state index in [4.69, 9.17) is 0 Å². The van der Waals surface area contributed by atoms with Crippen LogP contribution in [0, 0.1) is 13.8 Å². The van der Waals surface area contributed by atoms with Crippen LogP contribution >= 0.6 is 0 Å². The Hall–Kier alpha value is -1.77. The zero-order valence-electron chi connectivity index (χ0n) is 12.2. The molecule has 0 N–H and O–H groups in total. The molecule has 0 spiro atoms. The van der Waals surface area contributed by atoms with Crippen LogP contribution in [0.25, 0.3) is 4.83 Å². The van der Waals surface area contributed by atoms with Crippen LogP contribution in [0.2, 0.25) is 0 Å². The van der Waals surface area contributed by atoms with E-state index < -0.39 is 33.9 Å². The van der Waals surface area contributed by atoms with Gasteiger partial charge in [-0.15, -0.1) is 0 Å². The number of sulfonamides is 1. The molecule has 0 saturated carbocycles. The van der Waals surface area contributed by atoms with Crippen molar-refractivity contribution in [1.29, 1.82) is 0 Å². The molecule has 1 aromatic rings. The monoisotopic (exact) mass is 403 g/mol. The molecule has 0 amide bonds. The van der Waals surface area contributed by atoms with Gasteiger partial charge in [0.1, 0.15) is 5.69 Å². The Labute approximate surface area is 135 Å². The Morgan fingerprint density at radius 3 is 2.16 bits per heavy atom. The first-order valence-electron chi connectivity index (χ1n) is 5.98. The highest BCUT2D eigenvalue weighted by molar-refractivity contribution is 7.94. The van der Waals surface area contributed by atoms with Gasteiger partial charge in [0.15, 0.2) is 11.9 Å². The molecule has 144 valence electrons. The summed E-state index contributed by atoms with van der Waals surface area (Å²) in [4.78, 5) is 6.00. The normalized spacial score (nSPS) is 14.0. The molecule has 6 nitrogen and oxygen atoms in total. The maximum atomic E-state index is 13.5. The van der Waals surface area contributed by atoms with E-state index in [-0.39, 0.29) is 16.1 Å². The van der Waals surface area contributed by atoms with Crippen molar-refractivity contribution in [1.82, 2.24) is 4.98 Å². The molecule has 1 heterocycles. The summed E-state index contributed by atoms with van der Waals surface area (Å²) in [6, 6.07) is 0. The van der Waals surface area contributed by atoms with Crippen LogP contribution in [-0.4, -0.2) is 37.3 Å². The van der Waals surface area contributed by atoms with Gasteiger partial charge >= 0.3 is 23.9 Å². The van der Waals surface area contributed by atoms with Gasteiger partial charge in [-0.05, 0) is 6.92 Å². The maximum absolute atomic E-state index is 13.5. The van der Waals surface area contributed by atoms with Gasteiger partial charge in [0, 0.05) is 6.92 Å². The molecule has 0 atom stereocenters. The topological polar surface area (TPSA) is 74.2 Å².